The first kappa shape index (κ1) is 34.2. The van der Waals surface area contributed by atoms with E-state index in [9.17, 15) is 16.4 Å². The zero-order valence-corrected chi connectivity index (χ0v) is 47.9. The molecule has 19 rings (SSSR count). The van der Waals surface area contributed by atoms with Gasteiger partial charge >= 0.3 is 0 Å². The summed E-state index contributed by atoms with van der Waals surface area (Å²) in [6, 6.07) is 42.3. The van der Waals surface area contributed by atoms with Gasteiger partial charge in [-0.25, -0.2) is 0 Å². The summed E-state index contributed by atoms with van der Waals surface area (Å²) in [5, 5.41) is 2.00. The molecule has 4 aromatic heterocycles. The molecule has 0 aliphatic carbocycles. The fourth-order valence-electron chi connectivity index (χ4n) is 14.2. The van der Waals surface area contributed by atoms with E-state index in [1.54, 1.807) is 0 Å². The predicted molar refractivity (Wildman–Crippen MR) is 377 cm³/mol. The molecule has 0 radical (unpaired) electrons. The molecule has 2 aliphatic heterocycles. The Morgan fingerprint density at radius 3 is 1.07 bits per heavy atom. The molecular weight excluding hydrogens is 1080 g/mol. The van der Waals surface area contributed by atoms with Gasteiger partial charge in [0.25, 0.3) is 6.71 Å². The number of hydrogen-bond acceptors (Lipinski definition) is 2. The van der Waals surface area contributed by atoms with E-state index in [-0.39, 0.29) is 101 Å². The Balaban J connectivity index is 1.04. The molecule has 6 heterocycles. The molecule has 13 aromatic carbocycles. The van der Waals surface area contributed by atoms with Crippen LogP contribution in [0.3, 0.4) is 0 Å². The van der Waals surface area contributed by atoms with Gasteiger partial charge in [0.15, 0.2) is 0 Å². The molecule has 7 heteroatoms. The summed E-state index contributed by atoms with van der Waals surface area (Å²) in [5.41, 5.74) is 5.85. The fraction of sp³-hybridized carbons (Fsp3) is 0.0488. The van der Waals surface area contributed by atoms with Crippen LogP contribution in [-0.2, 0) is 5.41 Å². The Hall–Kier alpha value is -11.3. The Kier molecular flexibility index (Phi) is 7.15. The molecule has 418 valence electrons. The van der Waals surface area contributed by atoms with E-state index in [0.29, 0.717) is 44.5 Å². The molecule has 0 bridgehead atoms. The van der Waals surface area contributed by atoms with Crippen LogP contribution in [0.5, 0.6) is 0 Å². The maximum Gasteiger partial charge on any atom is 0.252 e. The number of nitrogens with zero attached hydrogens (tertiary/aromatic N) is 6. The summed E-state index contributed by atoms with van der Waals surface area (Å²) in [6.45, 7) is 4.82. The summed E-state index contributed by atoms with van der Waals surface area (Å²) < 4.78 is 201. The Labute approximate surface area is 543 Å². The van der Waals surface area contributed by atoms with Gasteiger partial charge in [-0.15, -0.1) is 0 Å². The van der Waals surface area contributed by atoms with Gasteiger partial charge in [0.2, 0.25) is 0 Å². The highest BCUT2D eigenvalue weighted by Crippen LogP contribution is 2.52. The molecule has 0 N–H and O–H groups in total. The molecule has 0 saturated carbocycles. The lowest BCUT2D eigenvalue weighted by Crippen LogP contribution is -2.61. The summed E-state index contributed by atoms with van der Waals surface area (Å²) in [7, 11) is 0. The lowest BCUT2D eigenvalue weighted by molar-refractivity contribution is 0.590. The molecule has 6 nitrogen and oxygen atoms in total. The Bertz CT molecular complexity index is 6500. The summed E-state index contributed by atoms with van der Waals surface area (Å²) in [5.74, 6) is 0. The lowest BCUT2D eigenvalue weighted by Gasteiger charge is -2.45. The maximum atomic E-state index is 11.4. The molecule has 0 atom stereocenters. The largest absolute Gasteiger partial charge is 0.311 e. The minimum Gasteiger partial charge on any atom is -0.311 e. The average Bonchev–Trinajstić information content (AvgIpc) is 1.38. The molecule has 0 amide bonds. The lowest BCUT2D eigenvalue weighted by atomic mass is 9.33. The number of anilines is 6. The fourth-order valence-corrected chi connectivity index (χ4v) is 14.2. The van der Waals surface area contributed by atoms with Gasteiger partial charge in [-0.2, -0.15) is 0 Å². The van der Waals surface area contributed by atoms with Crippen molar-refractivity contribution >= 4 is 144 Å². The molecule has 0 saturated heterocycles. The van der Waals surface area contributed by atoms with E-state index in [1.165, 1.54) is 21.3 Å². The molecule has 89 heavy (non-hydrogen) atoms. The molecule has 0 unspecified atom stereocenters. The minimum absolute atomic E-state index is 0.0227. The Morgan fingerprint density at radius 1 is 0.303 bits per heavy atom. The van der Waals surface area contributed by atoms with Gasteiger partial charge in [-0.1, -0.05) is 190 Å². The van der Waals surface area contributed by atoms with Gasteiger partial charge in [0, 0.05) is 88.6 Å². The Morgan fingerprint density at radius 2 is 0.663 bits per heavy atom. The van der Waals surface area contributed by atoms with Crippen molar-refractivity contribution in [2.24, 2.45) is 0 Å². The van der Waals surface area contributed by atoms with Crippen LogP contribution in [0.1, 0.15) is 53.7 Å². The van der Waals surface area contributed by atoms with Gasteiger partial charge in [0.1, 0.15) is 0 Å². The summed E-state index contributed by atoms with van der Waals surface area (Å²) in [6.07, 6.45) is 0. The van der Waals surface area contributed by atoms with Crippen LogP contribution in [0.25, 0.3) is 110 Å². The highest BCUT2D eigenvalue weighted by atomic mass is 15.2. The van der Waals surface area contributed by atoms with Crippen molar-refractivity contribution in [1.82, 2.24) is 18.3 Å². The monoisotopic (exact) mass is 1160 g/mol. The number of hydrogen-bond donors (Lipinski definition) is 0. The van der Waals surface area contributed by atoms with Crippen molar-refractivity contribution < 1.29 is 27.4 Å². The molecule has 2 aliphatic rings. The SMILES string of the molecule is [2H]c1cc(-n2c3c([2H])c([2H])c([2H])c([2H])c3c3c([2H])c([2H])c([2H])c([2H])c32)c([2H])c2c1B1c3c(cc(C(C)(C)C)cc3N(c3cccc4c3c3ccccc3n4-c3ccccc3)c3c([2H])c(-n4c5c([2H])c([2H])c([2H])c([2H])c5c5c([2H])c([2H])c([2H])c([2H])c54)cc([2H])c31)N2c1cccc2c1c1ccccc1n2-c1ccccc1. The van der Waals surface area contributed by atoms with E-state index >= 15 is 0 Å². The maximum absolute atomic E-state index is 11.4. The minimum atomic E-state index is -1.33. The van der Waals surface area contributed by atoms with Crippen LogP contribution in [0.4, 0.5) is 34.1 Å². The average molecular weight is 1160 g/mol. The van der Waals surface area contributed by atoms with Crippen LogP contribution in [0.2, 0.25) is 0 Å². The first-order chi connectivity index (χ1) is 52.2. The first-order valence-electron chi connectivity index (χ1n) is 39.4. The summed E-state index contributed by atoms with van der Waals surface area (Å²) >= 11 is 0. The normalized spacial score (nSPS) is 16.2. The van der Waals surface area contributed by atoms with Gasteiger partial charge in [-0.3, -0.25) is 0 Å². The number of para-hydroxylation sites is 8. The van der Waals surface area contributed by atoms with E-state index in [4.69, 9.17) is 11.0 Å². The topological polar surface area (TPSA) is 26.2 Å². The van der Waals surface area contributed by atoms with Crippen molar-refractivity contribution in [3.8, 4) is 22.7 Å². The third-order valence-electron chi connectivity index (χ3n) is 17.9. The van der Waals surface area contributed by atoms with Gasteiger partial charge in [-0.05, 0) is 149 Å². The number of aromatic nitrogens is 4. The molecular formula is C82H57BN6. The van der Waals surface area contributed by atoms with Gasteiger partial charge < -0.3 is 28.1 Å². The second-order valence-corrected chi connectivity index (χ2v) is 23.7. The number of benzene rings is 13. The van der Waals surface area contributed by atoms with E-state index < -0.39 is 109 Å². The highest BCUT2D eigenvalue weighted by molar-refractivity contribution is 7.00. The van der Waals surface area contributed by atoms with Crippen molar-refractivity contribution in [1.29, 1.82) is 0 Å². The quantitative estimate of drug-likeness (QED) is 0.155. The first-order valence-corrected chi connectivity index (χ1v) is 29.4. The van der Waals surface area contributed by atoms with Crippen molar-refractivity contribution in [3.63, 3.8) is 0 Å². The van der Waals surface area contributed by atoms with Gasteiger partial charge in [0.05, 0.1) is 82.9 Å². The zero-order valence-electron chi connectivity index (χ0n) is 67.9. The van der Waals surface area contributed by atoms with Crippen molar-refractivity contribution in [2.75, 3.05) is 9.80 Å². The van der Waals surface area contributed by atoms with Crippen LogP contribution in [0, 0.1) is 0 Å². The second kappa shape index (κ2) is 18.6. The zero-order chi connectivity index (χ0) is 76.2. The molecule has 0 spiro atoms. The highest BCUT2D eigenvalue weighted by Gasteiger charge is 2.45. The van der Waals surface area contributed by atoms with Crippen molar-refractivity contribution in [3.05, 3.63) is 296 Å². The number of rotatable bonds is 6. The molecule has 0 fully saturated rings. The van der Waals surface area contributed by atoms with Crippen LogP contribution in [0.15, 0.2) is 291 Å². The van der Waals surface area contributed by atoms with Crippen LogP contribution in [-0.4, -0.2) is 25.0 Å². The molecule has 17 aromatic rings. The van der Waals surface area contributed by atoms with E-state index in [0.717, 1.165) is 44.2 Å². The smallest absolute Gasteiger partial charge is 0.252 e. The third kappa shape index (κ3) is 7.04. The van der Waals surface area contributed by atoms with Crippen LogP contribution < -0.4 is 26.2 Å². The third-order valence-corrected chi connectivity index (χ3v) is 17.9. The standard InChI is InChI=1S/C82H57BN6/c1-82(2,3)52-48-77-81-78(49-52)89(74-43-23-41-72-80(74)62-33-15-21-39-70(62)85(72)54-26-8-5-9-27-54)76-51-56(87-67-36-18-12-30-59(67)60-31-13-19-37-68(60)87)45-47-64(76)83(81)63-46-44-55(86-65-34-16-10-28-57(65)58-29-11-17-35-66(58)86)50-75(63)88(77)73-42-22-40-71-79(73)61-32-14-20-38-69(61)84(71)53-24-6-4-7-25-53/h4-51H,1-3H3/i10D,11D,12D,13D,16D,17D,18D,19D,28D,29D,30D,31D,34D,35D,36D,37D,46D,47D,50D,51D. The second-order valence-electron chi connectivity index (χ2n) is 23.7. The van der Waals surface area contributed by atoms with Crippen LogP contribution >= 0.6 is 0 Å². The van der Waals surface area contributed by atoms with Crippen molar-refractivity contribution in [2.45, 2.75) is 26.2 Å². The predicted octanol–water partition coefficient (Wildman–Crippen LogP) is 19.5. The number of fused-ring (bicyclic) bond motifs is 16. The van der Waals surface area contributed by atoms with E-state index in [1.807, 2.05) is 188 Å². The van der Waals surface area contributed by atoms with E-state index in [2.05, 4.69) is 9.13 Å². The summed E-state index contributed by atoms with van der Waals surface area (Å²) in [4.78, 5) is 3.88.